The van der Waals surface area contributed by atoms with E-state index in [2.05, 4.69) is 14.7 Å². The van der Waals surface area contributed by atoms with Crippen molar-refractivity contribution in [2.45, 2.75) is 56.3 Å². The van der Waals surface area contributed by atoms with Gasteiger partial charge in [0.1, 0.15) is 6.04 Å². The van der Waals surface area contributed by atoms with Gasteiger partial charge in [0.05, 0.1) is 12.1 Å². The number of piperidine rings is 1. The topological polar surface area (TPSA) is 129 Å². The predicted molar refractivity (Wildman–Crippen MR) is 85.6 cm³/mol. The van der Waals surface area contributed by atoms with E-state index in [-0.39, 0.29) is 12.6 Å². The number of nitrogens with zero attached hydrogens (tertiary/aromatic N) is 3. The highest BCUT2D eigenvalue weighted by atomic mass is 32.3. The van der Waals surface area contributed by atoms with Crippen molar-refractivity contribution in [1.82, 2.24) is 20.3 Å². The first-order chi connectivity index (χ1) is 12.3. The van der Waals surface area contributed by atoms with Gasteiger partial charge in [-0.15, -0.1) is 4.28 Å². The quantitative estimate of drug-likeness (QED) is 0.465. The van der Waals surface area contributed by atoms with Crippen LogP contribution in [0, 0.1) is 0 Å². The first-order valence-electron chi connectivity index (χ1n) is 8.78. The molecule has 2 bridgehead atoms. The van der Waals surface area contributed by atoms with Crippen molar-refractivity contribution < 1.29 is 31.7 Å². The number of nitrogens with one attached hydrogen (secondary N) is 1. The predicted octanol–water partition coefficient (Wildman–Crippen LogP) is -0.726. The van der Waals surface area contributed by atoms with Crippen LogP contribution in [0.4, 0.5) is 4.79 Å². The summed E-state index contributed by atoms with van der Waals surface area (Å²) < 4.78 is 34.9. The molecule has 146 valence electrons. The summed E-state index contributed by atoms with van der Waals surface area (Å²) in [6.45, 7) is 2.01. The Balaban J connectivity index is 1.32. The van der Waals surface area contributed by atoms with Gasteiger partial charge < -0.3 is 4.90 Å². The molecule has 4 rings (SSSR count). The molecule has 11 nitrogen and oxygen atoms in total. The first kappa shape index (κ1) is 17.9. The van der Waals surface area contributed by atoms with Gasteiger partial charge in [-0.2, -0.15) is 13.5 Å². The summed E-state index contributed by atoms with van der Waals surface area (Å²) in [4.78, 5) is 33.9. The Morgan fingerprint density at radius 1 is 1.19 bits per heavy atom. The molecule has 4 atom stereocenters. The molecule has 0 aromatic heterocycles. The van der Waals surface area contributed by atoms with Crippen LogP contribution in [-0.4, -0.2) is 83.6 Å². The molecule has 12 heteroatoms. The standard InChI is InChI=1S/C14H22N4O7S/c19-13(15-24-11-6-9-2-1-5-16(9)8-11)12-4-3-10-7-17(12)14(20)18(10)25-26(21,22)23/h9-12H,1-8H2,(H,15,19)(H,21,22,23)/t9?,10?,11?,12-/m0/s1. The lowest BCUT2D eigenvalue weighted by Crippen LogP contribution is -2.50. The second-order valence-electron chi connectivity index (χ2n) is 7.24. The van der Waals surface area contributed by atoms with Gasteiger partial charge in [0.25, 0.3) is 5.91 Å². The SMILES string of the molecule is O=C(NOC1CC2CCCN2C1)[C@@H]1CCC2CN1C(=O)N2OS(=O)(=O)O. The van der Waals surface area contributed by atoms with Crippen molar-refractivity contribution in [3.63, 3.8) is 0 Å². The van der Waals surface area contributed by atoms with Gasteiger partial charge in [-0.25, -0.2) is 10.3 Å². The zero-order chi connectivity index (χ0) is 18.5. The maximum absolute atomic E-state index is 12.5. The number of hydrogen-bond donors (Lipinski definition) is 2. The molecule has 0 spiro atoms. The molecule has 26 heavy (non-hydrogen) atoms. The third-order valence-electron chi connectivity index (χ3n) is 5.60. The number of rotatable bonds is 5. The van der Waals surface area contributed by atoms with E-state index in [0.717, 1.165) is 25.9 Å². The van der Waals surface area contributed by atoms with Crippen LogP contribution in [0.25, 0.3) is 0 Å². The van der Waals surface area contributed by atoms with Crippen molar-refractivity contribution in [2.24, 2.45) is 0 Å². The monoisotopic (exact) mass is 390 g/mol. The fourth-order valence-corrected chi connectivity index (χ4v) is 4.83. The molecule has 2 N–H and O–H groups in total. The number of carbonyl (C=O) groups excluding carboxylic acids is 2. The van der Waals surface area contributed by atoms with E-state index >= 15 is 0 Å². The number of carbonyl (C=O) groups is 2. The summed E-state index contributed by atoms with van der Waals surface area (Å²) in [6, 6.07) is -1.50. The van der Waals surface area contributed by atoms with Gasteiger partial charge in [0, 0.05) is 19.1 Å². The molecule has 4 aliphatic rings. The fraction of sp³-hybridized carbons (Fsp3) is 0.857. The second-order valence-corrected chi connectivity index (χ2v) is 8.25. The first-order valence-corrected chi connectivity index (χ1v) is 10.1. The van der Waals surface area contributed by atoms with E-state index in [1.54, 1.807) is 0 Å². The van der Waals surface area contributed by atoms with Crippen molar-refractivity contribution in [2.75, 3.05) is 19.6 Å². The highest BCUT2D eigenvalue weighted by molar-refractivity contribution is 7.80. The molecule has 4 saturated heterocycles. The maximum atomic E-state index is 12.5. The molecule has 4 fully saturated rings. The average molecular weight is 390 g/mol. The third kappa shape index (κ3) is 3.39. The minimum absolute atomic E-state index is 0.0609. The zero-order valence-electron chi connectivity index (χ0n) is 14.1. The normalized spacial score (nSPS) is 34.4. The van der Waals surface area contributed by atoms with Crippen LogP contribution in [-0.2, 0) is 24.3 Å². The summed E-state index contributed by atoms with van der Waals surface area (Å²) in [7, 11) is -4.80. The number of hydrogen-bond acceptors (Lipinski definition) is 7. The van der Waals surface area contributed by atoms with Crippen LogP contribution >= 0.6 is 0 Å². The lowest BCUT2D eigenvalue weighted by atomic mass is 10.0. The number of hydroxylamine groups is 3. The molecule has 0 aromatic rings. The van der Waals surface area contributed by atoms with Crippen LogP contribution in [0.5, 0.6) is 0 Å². The van der Waals surface area contributed by atoms with Crippen molar-refractivity contribution in [1.29, 1.82) is 0 Å². The Morgan fingerprint density at radius 2 is 2.00 bits per heavy atom. The van der Waals surface area contributed by atoms with E-state index in [9.17, 15) is 18.0 Å². The molecule has 0 radical (unpaired) electrons. The van der Waals surface area contributed by atoms with E-state index in [1.165, 1.54) is 11.3 Å². The van der Waals surface area contributed by atoms with Gasteiger partial charge in [0.2, 0.25) is 0 Å². The van der Waals surface area contributed by atoms with Crippen molar-refractivity contribution in [3.8, 4) is 0 Å². The molecule has 4 heterocycles. The molecular weight excluding hydrogens is 368 g/mol. The molecule has 3 amide bonds. The molecular formula is C14H22N4O7S. The molecule has 0 aliphatic carbocycles. The van der Waals surface area contributed by atoms with Crippen molar-refractivity contribution >= 4 is 22.3 Å². The zero-order valence-corrected chi connectivity index (χ0v) is 14.9. The van der Waals surface area contributed by atoms with E-state index in [0.29, 0.717) is 23.9 Å². The van der Waals surface area contributed by atoms with Gasteiger partial charge in [-0.05, 0) is 38.6 Å². The Morgan fingerprint density at radius 3 is 2.73 bits per heavy atom. The summed E-state index contributed by atoms with van der Waals surface area (Å²) in [5.74, 6) is -0.433. The summed E-state index contributed by atoms with van der Waals surface area (Å²) in [5.41, 5.74) is 2.46. The minimum Gasteiger partial charge on any atom is -0.309 e. The Labute approximate surface area is 151 Å². The Bertz CT molecular complexity index is 689. The molecule has 3 unspecified atom stereocenters. The highest BCUT2D eigenvalue weighted by Gasteiger charge is 2.49. The lowest BCUT2D eigenvalue weighted by Gasteiger charge is -2.29. The smallest absolute Gasteiger partial charge is 0.309 e. The van der Waals surface area contributed by atoms with Gasteiger partial charge in [-0.1, -0.05) is 0 Å². The number of fused-ring (bicyclic) bond motifs is 3. The Hall–Kier alpha value is -1.47. The number of urea groups is 1. The Kier molecular flexibility index (Phi) is 4.55. The maximum Gasteiger partial charge on any atom is 0.418 e. The van der Waals surface area contributed by atoms with Gasteiger partial charge in [-0.3, -0.25) is 19.1 Å². The van der Waals surface area contributed by atoms with Crippen LogP contribution in [0.3, 0.4) is 0 Å². The van der Waals surface area contributed by atoms with E-state index in [1.807, 2.05) is 0 Å². The van der Waals surface area contributed by atoms with E-state index < -0.39 is 34.4 Å². The van der Waals surface area contributed by atoms with Gasteiger partial charge in [0.15, 0.2) is 0 Å². The average Bonchev–Trinajstić information content (AvgIpc) is 3.22. The van der Waals surface area contributed by atoms with Crippen LogP contribution in [0.15, 0.2) is 0 Å². The van der Waals surface area contributed by atoms with Crippen molar-refractivity contribution in [3.05, 3.63) is 0 Å². The van der Waals surface area contributed by atoms with Crippen LogP contribution < -0.4 is 5.48 Å². The lowest BCUT2D eigenvalue weighted by molar-refractivity contribution is -0.143. The van der Waals surface area contributed by atoms with Crippen LogP contribution in [0.2, 0.25) is 0 Å². The minimum atomic E-state index is -4.80. The fourth-order valence-electron chi connectivity index (χ4n) is 4.44. The molecule has 4 aliphatic heterocycles. The summed E-state index contributed by atoms with van der Waals surface area (Å²) in [5, 5.41) is 0.620. The summed E-state index contributed by atoms with van der Waals surface area (Å²) in [6.07, 6.45) is 3.92. The largest absolute Gasteiger partial charge is 0.418 e. The van der Waals surface area contributed by atoms with E-state index in [4.69, 9.17) is 9.39 Å². The highest BCUT2D eigenvalue weighted by Crippen LogP contribution is 2.31. The number of amides is 3. The van der Waals surface area contributed by atoms with Gasteiger partial charge >= 0.3 is 16.4 Å². The second kappa shape index (κ2) is 6.60. The molecule has 0 aromatic carbocycles. The molecule has 0 saturated carbocycles. The third-order valence-corrected chi connectivity index (χ3v) is 5.95. The van der Waals surface area contributed by atoms with Crippen LogP contribution in [0.1, 0.15) is 32.1 Å². The summed E-state index contributed by atoms with van der Waals surface area (Å²) >= 11 is 0.